The number of anilines is 2. The van der Waals surface area contributed by atoms with Crippen LogP contribution in [0.2, 0.25) is 0 Å². The molecule has 7 atom stereocenters. The number of aromatic amines is 1. The number of nitrogens with one attached hydrogen (secondary N) is 2. The van der Waals surface area contributed by atoms with Gasteiger partial charge in [-0.3, -0.25) is 19.2 Å². The molecule has 2 aliphatic carbocycles. The molecule has 8 rings (SSSR count). The van der Waals surface area contributed by atoms with Crippen molar-refractivity contribution in [3.63, 3.8) is 0 Å². The average Bonchev–Trinajstić information content (AvgIpc) is 3.86. The Bertz CT molecular complexity index is 2170. The van der Waals surface area contributed by atoms with Crippen LogP contribution in [0.1, 0.15) is 45.6 Å². The zero-order valence-corrected chi connectivity index (χ0v) is 29.0. The Morgan fingerprint density at radius 3 is 2.37 bits per heavy atom. The highest BCUT2D eigenvalue weighted by Gasteiger charge is 2.70. The molecule has 52 heavy (non-hydrogen) atoms. The molecule has 0 radical (unpaired) electrons. The summed E-state index contributed by atoms with van der Waals surface area (Å²) in [4.78, 5) is 69.9. The van der Waals surface area contributed by atoms with Crippen LogP contribution in [-0.4, -0.2) is 47.1 Å². The van der Waals surface area contributed by atoms with Crippen molar-refractivity contribution in [2.24, 2.45) is 29.6 Å². The first-order valence-electron chi connectivity index (χ1n) is 16.7. The number of aromatic nitrogens is 1. The molecule has 15 heteroatoms. The summed E-state index contributed by atoms with van der Waals surface area (Å²) in [6, 6.07) is 18.0. The Morgan fingerprint density at radius 2 is 1.63 bits per heavy atom. The largest absolute Gasteiger partial charge is 0.483 e. The van der Waals surface area contributed by atoms with Gasteiger partial charge >= 0.3 is 17.0 Å². The van der Waals surface area contributed by atoms with E-state index in [9.17, 15) is 37.1 Å². The van der Waals surface area contributed by atoms with Crippen molar-refractivity contribution in [2.75, 3.05) is 23.4 Å². The number of amides is 3. The maximum absolute atomic E-state index is 14.1. The van der Waals surface area contributed by atoms with E-state index < -0.39 is 58.9 Å². The van der Waals surface area contributed by atoms with Crippen LogP contribution in [-0.2, 0) is 25.3 Å². The highest BCUT2D eigenvalue weighted by atomic mass is 32.2. The quantitative estimate of drug-likeness (QED) is 0.158. The third kappa shape index (κ3) is 5.61. The molecule has 4 aromatic rings. The number of para-hydroxylation sites is 2. The molecular formula is C37H30F3N3O7S2. The molecule has 3 heterocycles. The minimum atomic E-state index is -4.77. The molecule has 2 aliphatic heterocycles. The van der Waals surface area contributed by atoms with Crippen LogP contribution in [0, 0.1) is 29.6 Å². The first kappa shape index (κ1) is 34.2. The molecule has 3 amide bonds. The summed E-state index contributed by atoms with van der Waals surface area (Å²) in [5.74, 6) is -4.73. The van der Waals surface area contributed by atoms with Gasteiger partial charge in [0.15, 0.2) is 6.61 Å². The molecule has 268 valence electrons. The number of thiazole rings is 1. The van der Waals surface area contributed by atoms with Crippen LogP contribution in [0.25, 0.3) is 0 Å². The monoisotopic (exact) mass is 749 g/mol. The number of rotatable bonds is 8. The summed E-state index contributed by atoms with van der Waals surface area (Å²) in [5.41, 5.74) is -0.0162. The fourth-order valence-corrected chi connectivity index (χ4v) is 11.5. The molecule has 0 spiro atoms. The van der Waals surface area contributed by atoms with Gasteiger partial charge in [-0.25, -0.2) is 9.69 Å². The molecule has 1 saturated heterocycles. The molecule has 3 aromatic carbocycles. The number of benzene rings is 3. The van der Waals surface area contributed by atoms with Gasteiger partial charge < -0.3 is 19.8 Å². The lowest BCUT2D eigenvalue weighted by Crippen LogP contribution is -2.42. The van der Waals surface area contributed by atoms with E-state index in [0.717, 1.165) is 33.2 Å². The molecule has 2 bridgehead atoms. The number of imide groups is 1. The van der Waals surface area contributed by atoms with E-state index in [2.05, 4.69) is 10.3 Å². The molecule has 2 saturated carbocycles. The molecule has 3 fully saturated rings. The van der Waals surface area contributed by atoms with Crippen molar-refractivity contribution in [3.05, 3.63) is 104 Å². The second kappa shape index (κ2) is 13.0. The third-order valence-electron chi connectivity index (χ3n) is 10.5. The van der Waals surface area contributed by atoms with Gasteiger partial charge in [-0.1, -0.05) is 41.7 Å². The predicted molar refractivity (Wildman–Crippen MR) is 185 cm³/mol. The minimum Gasteiger partial charge on any atom is -0.483 e. The molecular weight excluding hydrogens is 720 g/mol. The number of esters is 1. The first-order valence-corrected chi connectivity index (χ1v) is 18.4. The zero-order valence-electron chi connectivity index (χ0n) is 27.3. The van der Waals surface area contributed by atoms with Gasteiger partial charge in [0.25, 0.3) is 5.91 Å². The fourth-order valence-electron chi connectivity index (χ4n) is 8.62. The number of hydrogen-bond acceptors (Lipinski definition) is 9. The number of fused-ring (bicyclic) bond motifs is 9. The Labute approximate surface area is 302 Å². The Kier molecular flexibility index (Phi) is 8.52. The van der Waals surface area contributed by atoms with Crippen LogP contribution in [0.5, 0.6) is 5.75 Å². The number of ether oxygens (including phenoxy) is 2. The standard InChI is InChI=1S/C37H30F3N3O7S2/c1-2-49-35(47)17-11-13-18(14-12-17)41-25(44)16-50-24-10-6-3-7-19(24)26-27-20-15-21(30(27)51-32-31(26)52-36(48)42-32)29-28(20)33(45)43(34(29)46)23-9-5-4-8-22(23)37(38,39)40/h3-14,20-21,26-30H,2,15-16H2,1H3,(H,41,44)(H,42,48)/t20?,21?,26-,27?,28?,29?,30?/m1/s1. The van der Waals surface area contributed by atoms with Gasteiger partial charge in [-0.2, -0.15) is 13.2 Å². The van der Waals surface area contributed by atoms with Gasteiger partial charge in [0.2, 0.25) is 11.8 Å². The number of H-pyrrole nitrogens is 1. The summed E-state index contributed by atoms with van der Waals surface area (Å²) >= 11 is 2.51. The number of hydrogen-bond donors (Lipinski definition) is 2. The summed E-state index contributed by atoms with van der Waals surface area (Å²) in [5, 5.41) is 3.19. The van der Waals surface area contributed by atoms with E-state index in [1.807, 2.05) is 12.1 Å². The topological polar surface area (TPSA) is 135 Å². The maximum atomic E-state index is 14.1. The average molecular weight is 750 g/mol. The maximum Gasteiger partial charge on any atom is 0.418 e. The smallest absolute Gasteiger partial charge is 0.418 e. The van der Waals surface area contributed by atoms with Crippen LogP contribution < -0.4 is 19.8 Å². The molecule has 4 aliphatic rings. The van der Waals surface area contributed by atoms with Crippen LogP contribution in [0.3, 0.4) is 0 Å². The van der Waals surface area contributed by atoms with E-state index in [4.69, 9.17) is 9.47 Å². The SMILES string of the molecule is CCOC(=O)c1ccc(NC(=O)COc2ccccc2[C@H]2c3sc(=O)[nH]c3SC3C4CC(C5C(=O)N(c6ccccc6C(F)(F)F)C(=O)C45)C32)cc1. The highest BCUT2D eigenvalue weighted by Crippen LogP contribution is 2.69. The number of carbonyl (C=O) groups is 4. The summed E-state index contributed by atoms with van der Waals surface area (Å²) in [7, 11) is 0. The first-order chi connectivity index (χ1) is 25.0. The Hall–Kier alpha value is -4.89. The Morgan fingerprint density at radius 1 is 0.942 bits per heavy atom. The van der Waals surface area contributed by atoms with E-state index >= 15 is 0 Å². The number of carbonyl (C=O) groups excluding carboxylic acids is 4. The summed E-state index contributed by atoms with van der Waals surface area (Å²) in [6.07, 6.45) is -4.22. The van der Waals surface area contributed by atoms with Crippen LogP contribution in [0.15, 0.2) is 82.6 Å². The second-order valence-electron chi connectivity index (χ2n) is 13.2. The van der Waals surface area contributed by atoms with Crippen LogP contribution in [0.4, 0.5) is 24.5 Å². The van der Waals surface area contributed by atoms with Crippen molar-refractivity contribution >= 4 is 58.2 Å². The lowest BCUT2D eigenvalue weighted by molar-refractivity contribution is -0.137. The molecule has 6 unspecified atom stereocenters. The van der Waals surface area contributed by atoms with Gasteiger partial charge in [0.05, 0.1) is 40.3 Å². The van der Waals surface area contributed by atoms with Gasteiger partial charge in [-0.05, 0) is 73.6 Å². The van der Waals surface area contributed by atoms with Gasteiger partial charge in [-0.15, -0.1) is 11.8 Å². The van der Waals surface area contributed by atoms with E-state index in [1.54, 1.807) is 31.2 Å². The van der Waals surface area contributed by atoms with Crippen molar-refractivity contribution in [1.29, 1.82) is 0 Å². The minimum absolute atomic E-state index is 0.211. The zero-order chi connectivity index (χ0) is 36.5. The van der Waals surface area contributed by atoms with E-state index in [0.29, 0.717) is 34.0 Å². The lowest BCUT2D eigenvalue weighted by Gasteiger charge is -2.43. The molecule has 2 N–H and O–H groups in total. The van der Waals surface area contributed by atoms with Crippen LogP contribution >= 0.6 is 23.1 Å². The number of thioether (sulfide) groups is 1. The van der Waals surface area contributed by atoms with Crippen molar-refractivity contribution in [1.82, 2.24) is 4.98 Å². The van der Waals surface area contributed by atoms with Gasteiger partial charge in [0.1, 0.15) is 5.75 Å². The van der Waals surface area contributed by atoms with Gasteiger partial charge in [0, 0.05) is 27.3 Å². The molecule has 10 nitrogen and oxygen atoms in total. The normalized spacial score (nSPS) is 25.8. The molecule has 1 aromatic heterocycles. The fraction of sp³-hybridized carbons (Fsp3) is 0.324. The number of halogens is 3. The van der Waals surface area contributed by atoms with Crippen molar-refractivity contribution in [3.8, 4) is 5.75 Å². The Balaban J connectivity index is 1.08. The summed E-state index contributed by atoms with van der Waals surface area (Å²) in [6.45, 7) is 1.58. The number of alkyl halides is 3. The van der Waals surface area contributed by atoms with E-state index in [-0.39, 0.29) is 41.1 Å². The lowest BCUT2D eigenvalue weighted by atomic mass is 9.68. The second-order valence-corrected chi connectivity index (χ2v) is 15.4. The summed E-state index contributed by atoms with van der Waals surface area (Å²) < 4.78 is 53.2. The predicted octanol–water partition coefficient (Wildman–Crippen LogP) is 6.33. The highest BCUT2D eigenvalue weighted by molar-refractivity contribution is 8.00. The third-order valence-corrected chi connectivity index (χ3v) is 13.1. The number of nitrogens with zero attached hydrogens (tertiary/aromatic N) is 1. The van der Waals surface area contributed by atoms with E-state index in [1.165, 1.54) is 36.0 Å². The van der Waals surface area contributed by atoms with Crippen molar-refractivity contribution in [2.45, 2.75) is 35.7 Å². The van der Waals surface area contributed by atoms with Crippen molar-refractivity contribution < 1.29 is 41.8 Å².